The second-order valence-electron chi connectivity index (χ2n) is 5.12. The van der Waals surface area contributed by atoms with Gasteiger partial charge in [-0.25, -0.2) is 0 Å². The van der Waals surface area contributed by atoms with E-state index >= 15 is 0 Å². The van der Waals surface area contributed by atoms with Crippen molar-refractivity contribution >= 4 is 5.91 Å². The average molecular weight is 250 g/mol. The van der Waals surface area contributed by atoms with E-state index in [0.717, 1.165) is 19.5 Å². The molecule has 1 saturated heterocycles. The molecule has 5 nitrogen and oxygen atoms in total. The van der Waals surface area contributed by atoms with Crippen LogP contribution in [0.3, 0.4) is 0 Å². The minimum Gasteiger partial charge on any atom is -0.342 e. The van der Waals surface area contributed by atoms with Crippen LogP contribution in [0.25, 0.3) is 0 Å². The highest BCUT2D eigenvalue weighted by molar-refractivity contribution is 5.76. The lowest BCUT2D eigenvalue weighted by Gasteiger charge is -2.36. The predicted octanol–water partition coefficient (Wildman–Crippen LogP) is 0.717. The van der Waals surface area contributed by atoms with Crippen molar-refractivity contribution in [2.24, 2.45) is 17.6 Å². The molecule has 2 rings (SSSR count). The zero-order chi connectivity index (χ0) is 13.0. The Hall–Kier alpha value is -1.36. The lowest BCUT2D eigenvalue weighted by atomic mass is 9.87. The summed E-state index contributed by atoms with van der Waals surface area (Å²) in [5.41, 5.74) is 5.76. The number of nitrogens with zero attached hydrogens (tertiary/aromatic N) is 3. The molecule has 0 spiro atoms. The highest BCUT2D eigenvalue weighted by atomic mass is 16.2. The van der Waals surface area contributed by atoms with Gasteiger partial charge < -0.3 is 10.6 Å². The Morgan fingerprint density at radius 2 is 2.39 bits per heavy atom. The van der Waals surface area contributed by atoms with Crippen molar-refractivity contribution in [3.63, 3.8) is 0 Å². The molecule has 100 valence electrons. The van der Waals surface area contributed by atoms with Gasteiger partial charge in [-0.2, -0.15) is 5.10 Å². The largest absolute Gasteiger partial charge is 0.342 e. The number of aromatic nitrogens is 2. The van der Waals surface area contributed by atoms with Crippen LogP contribution in [0.5, 0.6) is 0 Å². The third-order valence-corrected chi connectivity index (χ3v) is 3.88. The van der Waals surface area contributed by atoms with Crippen LogP contribution < -0.4 is 5.73 Å². The summed E-state index contributed by atoms with van der Waals surface area (Å²) in [7, 11) is 0. The summed E-state index contributed by atoms with van der Waals surface area (Å²) >= 11 is 0. The average Bonchev–Trinajstić information content (AvgIpc) is 2.89. The van der Waals surface area contributed by atoms with Crippen LogP contribution in [0, 0.1) is 11.8 Å². The van der Waals surface area contributed by atoms with E-state index in [0.29, 0.717) is 31.3 Å². The number of rotatable bonds is 4. The molecule has 18 heavy (non-hydrogen) atoms. The Labute approximate surface area is 108 Å². The second-order valence-corrected chi connectivity index (χ2v) is 5.12. The Kier molecular flexibility index (Phi) is 4.36. The molecule has 0 bridgehead atoms. The zero-order valence-corrected chi connectivity index (χ0v) is 11.0. The van der Waals surface area contributed by atoms with Gasteiger partial charge in [-0.3, -0.25) is 9.48 Å². The summed E-state index contributed by atoms with van der Waals surface area (Å²) in [4.78, 5) is 14.1. The molecule has 1 fully saturated rings. The van der Waals surface area contributed by atoms with Gasteiger partial charge in [0.1, 0.15) is 0 Å². The van der Waals surface area contributed by atoms with Gasteiger partial charge >= 0.3 is 0 Å². The molecule has 2 heterocycles. The van der Waals surface area contributed by atoms with Crippen molar-refractivity contribution in [2.75, 3.05) is 19.6 Å². The number of amides is 1. The molecule has 1 aliphatic heterocycles. The molecule has 0 aromatic carbocycles. The lowest BCUT2D eigenvalue weighted by molar-refractivity contribution is -0.133. The molecule has 2 atom stereocenters. The summed E-state index contributed by atoms with van der Waals surface area (Å²) in [5.74, 6) is 1.30. The van der Waals surface area contributed by atoms with Crippen molar-refractivity contribution in [2.45, 2.75) is 26.3 Å². The lowest BCUT2D eigenvalue weighted by Crippen LogP contribution is -2.45. The number of nitrogens with two attached hydrogens (primary N) is 1. The van der Waals surface area contributed by atoms with Gasteiger partial charge in [0.25, 0.3) is 0 Å². The Bertz CT molecular complexity index is 376. The first-order valence-electron chi connectivity index (χ1n) is 6.66. The first-order valence-corrected chi connectivity index (χ1v) is 6.66. The van der Waals surface area contributed by atoms with E-state index < -0.39 is 0 Å². The quantitative estimate of drug-likeness (QED) is 0.856. The van der Waals surface area contributed by atoms with E-state index in [1.807, 2.05) is 17.2 Å². The normalized spacial score (nSPS) is 24.2. The van der Waals surface area contributed by atoms with Crippen LogP contribution >= 0.6 is 0 Å². The third-order valence-electron chi connectivity index (χ3n) is 3.88. The van der Waals surface area contributed by atoms with E-state index in [4.69, 9.17) is 5.73 Å². The molecular weight excluding hydrogens is 228 g/mol. The minimum atomic E-state index is 0.218. The molecule has 2 unspecified atom stereocenters. The molecule has 0 saturated carbocycles. The Morgan fingerprint density at radius 3 is 3.06 bits per heavy atom. The molecule has 1 aliphatic rings. The van der Waals surface area contributed by atoms with Gasteiger partial charge in [0.2, 0.25) is 5.91 Å². The number of hydrogen-bond donors (Lipinski definition) is 1. The van der Waals surface area contributed by atoms with E-state index in [1.54, 1.807) is 10.9 Å². The van der Waals surface area contributed by atoms with Crippen LogP contribution in [0.1, 0.15) is 19.8 Å². The van der Waals surface area contributed by atoms with Crippen molar-refractivity contribution in [1.29, 1.82) is 0 Å². The fraction of sp³-hybridized carbons (Fsp3) is 0.692. The maximum absolute atomic E-state index is 12.1. The fourth-order valence-electron chi connectivity index (χ4n) is 2.48. The fourth-order valence-corrected chi connectivity index (χ4v) is 2.48. The highest BCUT2D eigenvalue weighted by Gasteiger charge is 2.27. The van der Waals surface area contributed by atoms with Crippen molar-refractivity contribution < 1.29 is 4.79 Å². The topological polar surface area (TPSA) is 64.2 Å². The van der Waals surface area contributed by atoms with Gasteiger partial charge in [0, 0.05) is 38.4 Å². The smallest absolute Gasteiger partial charge is 0.224 e. The maximum atomic E-state index is 12.1. The molecule has 5 heteroatoms. The van der Waals surface area contributed by atoms with Crippen LogP contribution in [0.2, 0.25) is 0 Å². The maximum Gasteiger partial charge on any atom is 0.224 e. The standard InChI is InChI=1S/C13H22N4O/c1-11-3-7-16(10-12(11)9-14)13(18)4-8-17-6-2-5-15-17/h2,5-6,11-12H,3-4,7-10,14H2,1H3. The molecule has 2 N–H and O–H groups in total. The van der Waals surface area contributed by atoms with Crippen LogP contribution in [0.15, 0.2) is 18.5 Å². The summed E-state index contributed by atoms with van der Waals surface area (Å²) in [5, 5.41) is 4.10. The SMILES string of the molecule is CC1CCN(C(=O)CCn2cccn2)CC1CN. The first-order chi connectivity index (χ1) is 8.70. The number of likely N-dealkylation sites (tertiary alicyclic amines) is 1. The van der Waals surface area contributed by atoms with E-state index in [-0.39, 0.29) is 5.91 Å². The number of carbonyl (C=O) groups excluding carboxylic acids is 1. The third kappa shape index (κ3) is 3.10. The monoisotopic (exact) mass is 250 g/mol. The van der Waals surface area contributed by atoms with E-state index in [2.05, 4.69) is 12.0 Å². The summed E-state index contributed by atoms with van der Waals surface area (Å²) in [6.45, 7) is 5.24. The zero-order valence-electron chi connectivity index (χ0n) is 11.0. The molecule has 0 radical (unpaired) electrons. The molecule has 1 aromatic heterocycles. The minimum absolute atomic E-state index is 0.218. The van der Waals surface area contributed by atoms with Crippen LogP contribution in [-0.2, 0) is 11.3 Å². The molecular formula is C13H22N4O. The van der Waals surface area contributed by atoms with Gasteiger partial charge in [-0.05, 0) is 30.9 Å². The highest BCUT2D eigenvalue weighted by Crippen LogP contribution is 2.22. The Morgan fingerprint density at radius 1 is 1.56 bits per heavy atom. The van der Waals surface area contributed by atoms with Gasteiger partial charge in [0.15, 0.2) is 0 Å². The van der Waals surface area contributed by atoms with Gasteiger partial charge in [-0.1, -0.05) is 6.92 Å². The van der Waals surface area contributed by atoms with Crippen molar-refractivity contribution in [3.8, 4) is 0 Å². The second kappa shape index (κ2) is 6.00. The van der Waals surface area contributed by atoms with E-state index in [9.17, 15) is 4.79 Å². The summed E-state index contributed by atoms with van der Waals surface area (Å²) in [6, 6.07) is 1.87. The van der Waals surface area contributed by atoms with Crippen molar-refractivity contribution in [3.05, 3.63) is 18.5 Å². The number of aryl methyl sites for hydroxylation is 1. The first kappa shape index (κ1) is 13.1. The molecule has 1 amide bonds. The number of carbonyl (C=O) groups is 1. The van der Waals surface area contributed by atoms with Gasteiger partial charge in [0.05, 0.1) is 0 Å². The Balaban J connectivity index is 1.82. The summed E-state index contributed by atoms with van der Waals surface area (Å²) < 4.78 is 1.80. The van der Waals surface area contributed by atoms with Crippen molar-refractivity contribution in [1.82, 2.24) is 14.7 Å². The van der Waals surface area contributed by atoms with Crippen LogP contribution in [-0.4, -0.2) is 40.2 Å². The number of hydrogen-bond acceptors (Lipinski definition) is 3. The number of piperidine rings is 1. The summed E-state index contributed by atoms with van der Waals surface area (Å²) in [6.07, 6.45) is 5.20. The predicted molar refractivity (Wildman–Crippen MR) is 69.7 cm³/mol. The molecule has 0 aliphatic carbocycles. The van der Waals surface area contributed by atoms with Crippen LogP contribution in [0.4, 0.5) is 0 Å². The molecule has 1 aromatic rings. The van der Waals surface area contributed by atoms with Gasteiger partial charge in [-0.15, -0.1) is 0 Å². The van der Waals surface area contributed by atoms with E-state index in [1.165, 1.54) is 0 Å².